The summed E-state index contributed by atoms with van der Waals surface area (Å²) >= 11 is 0. The number of nitrogens with zero attached hydrogens (tertiary/aromatic N) is 2. The lowest BCUT2D eigenvalue weighted by Gasteiger charge is -2.14. The summed E-state index contributed by atoms with van der Waals surface area (Å²) in [6.07, 6.45) is 1.11. The Labute approximate surface area is 257 Å². The molecule has 2 amide bonds. The van der Waals surface area contributed by atoms with Crippen LogP contribution >= 0.6 is 0 Å². The third-order valence-corrected chi connectivity index (χ3v) is 6.36. The number of nitro benzene ring substituents is 1. The normalized spacial score (nSPS) is 10.6. The van der Waals surface area contributed by atoms with E-state index in [-0.39, 0.29) is 51.3 Å². The van der Waals surface area contributed by atoms with Gasteiger partial charge in [0.1, 0.15) is 5.75 Å². The van der Waals surface area contributed by atoms with Crippen LogP contribution in [0.2, 0.25) is 0 Å². The van der Waals surface area contributed by atoms with Crippen molar-refractivity contribution in [2.45, 2.75) is 6.92 Å². The lowest BCUT2D eigenvalue weighted by Crippen LogP contribution is -2.18. The van der Waals surface area contributed by atoms with Gasteiger partial charge in [0.15, 0.2) is 11.5 Å². The third-order valence-electron chi connectivity index (χ3n) is 6.36. The Hall–Kier alpha value is -6.24. The fraction of sp³-hybridized carbons (Fsp3) is 0.125. The van der Waals surface area contributed by atoms with Crippen LogP contribution in [0.3, 0.4) is 0 Å². The Morgan fingerprint density at radius 1 is 0.778 bits per heavy atom. The minimum absolute atomic E-state index is 0.0412. The molecule has 0 heterocycles. The maximum absolute atomic E-state index is 13.0. The van der Waals surface area contributed by atoms with Crippen molar-refractivity contribution in [1.82, 2.24) is 5.43 Å². The Morgan fingerprint density at radius 2 is 1.47 bits per heavy atom. The number of hydrazone groups is 1. The standard InChI is InChI=1S/C32H28N4O9/c1-19-6-5-7-21(14-19)30(37)34-24-10-8-20(9-11-24)31(38)35-33-18-23-15-25(36(40)41)12-13-26(23)45-32(39)22-16-27(42-2)29(44-4)28(17-22)43-3/h5-18H,1-4H3,(H,34,37)(H,35,38)/b33-18+. The number of carbonyl (C=O) groups is 3. The number of amides is 2. The van der Waals surface area contributed by atoms with Crippen LogP contribution in [0.4, 0.5) is 11.4 Å². The molecule has 2 N–H and O–H groups in total. The Balaban J connectivity index is 1.48. The second-order valence-electron chi connectivity index (χ2n) is 9.38. The van der Waals surface area contributed by atoms with Crippen LogP contribution in [0.1, 0.15) is 42.2 Å². The van der Waals surface area contributed by atoms with Crippen molar-refractivity contribution in [2.24, 2.45) is 5.10 Å². The highest BCUT2D eigenvalue weighted by molar-refractivity contribution is 6.04. The highest BCUT2D eigenvalue weighted by Crippen LogP contribution is 2.38. The SMILES string of the molecule is COc1cc(C(=O)Oc2ccc([N+](=O)[O-])cc2/C=N/NC(=O)c2ccc(NC(=O)c3cccc(C)c3)cc2)cc(OC)c1OC. The van der Waals surface area contributed by atoms with Crippen LogP contribution in [0.25, 0.3) is 0 Å². The molecule has 0 aliphatic heterocycles. The molecule has 0 aliphatic rings. The number of anilines is 1. The van der Waals surface area contributed by atoms with Crippen LogP contribution in [0.15, 0.2) is 84.0 Å². The van der Waals surface area contributed by atoms with Gasteiger partial charge in [0.2, 0.25) is 5.75 Å². The fourth-order valence-electron chi connectivity index (χ4n) is 4.12. The molecule has 13 heteroatoms. The molecule has 0 bridgehead atoms. The second-order valence-corrected chi connectivity index (χ2v) is 9.38. The van der Waals surface area contributed by atoms with Crippen LogP contribution in [-0.4, -0.2) is 50.3 Å². The number of benzene rings is 4. The summed E-state index contributed by atoms with van der Waals surface area (Å²) in [6.45, 7) is 1.89. The zero-order chi connectivity index (χ0) is 32.5. The van der Waals surface area contributed by atoms with Gasteiger partial charge in [0.05, 0.1) is 38.0 Å². The Bertz CT molecular complexity index is 1760. The van der Waals surface area contributed by atoms with Crippen molar-refractivity contribution < 1.29 is 38.3 Å². The number of ether oxygens (including phenoxy) is 4. The van der Waals surface area contributed by atoms with E-state index in [1.54, 1.807) is 30.3 Å². The fourth-order valence-corrected chi connectivity index (χ4v) is 4.12. The molecule has 0 unspecified atom stereocenters. The first-order valence-electron chi connectivity index (χ1n) is 13.3. The first-order valence-corrected chi connectivity index (χ1v) is 13.3. The number of hydrogen-bond acceptors (Lipinski definition) is 10. The van der Waals surface area contributed by atoms with Gasteiger partial charge in [-0.25, -0.2) is 10.2 Å². The number of rotatable bonds is 11. The quantitative estimate of drug-likeness (QED) is 0.0764. The van der Waals surface area contributed by atoms with Crippen molar-refractivity contribution in [2.75, 3.05) is 26.6 Å². The molecule has 0 fully saturated rings. The van der Waals surface area contributed by atoms with Gasteiger partial charge < -0.3 is 24.3 Å². The molecule has 4 rings (SSSR count). The molecule has 13 nitrogen and oxygen atoms in total. The number of aryl methyl sites for hydroxylation is 1. The molecule has 0 saturated carbocycles. The summed E-state index contributed by atoms with van der Waals surface area (Å²) in [4.78, 5) is 49.0. The summed E-state index contributed by atoms with van der Waals surface area (Å²) in [5, 5.41) is 18.0. The average Bonchev–Trinajstić information content (AvgIpc) is 3.04. The number of methoxy groups -OCH3 is 3. The van der Waals surface area contributed by atoms with Crippen molar-refractivity contribution in [3.05, 3.63) is 117 Å². The predicted octanol–water partition coefficient (Wildman–Crippen LogP) is 5.16. The minimum atomic E-state index is -0.823. The lowest BCUT2D eigenvalue weighted by atomic mass is 10.1. The van der Waals surface area contributed by atoms with E-state index in [2.05, 4.69) is 15.8 Å². The lowest BCUT2D eigenvalue weighted by molar-refractivity contribution is -0.384. The van der Waals surface area contributed by atoms with E-state index >= 15 is 0 Å². The minimum Gasteiger partial charge on any atom is -0.493 e. The van der Waals surface area contributed by atoms with Gasteiger partial charge in [-0.3, -0.25) is 19.7 Å². The first-order chi connectivity index (χ1) is 21.6. The molecular formula is C32H28N4O9. The maximum Gasteiger partial charge on any atom is 0.343 e. The molecule has 0 spiro atoms. The number of esters is 1. The molecule has 4 aromatic carbocycles. The number of nitro groups is 1. The van der Waals surface area contributed by atoms with Crippen molar-refractivity contribution in [1.29, 1.82) is 0 Å². The van der Waals surface area contributed by atoms with Gasteiger partial charge in [-0.15, -0.1) is 0 Å². The van der Waals surface area contributed by atoms with Crippen LogP contribution < -0.4 is 29.7 Å². The number of hydrogen-bond donors (Lipinski definition) is 2. The van der Waals surface area contributed by atoms with E-state index in [4.69, 9.17) is 18.9 Å². The number of non-ortho nitro benzene ring substituents is 1. The number of carbonyl (C=O) groups excluding carboxylic acids is 3. The summed E-state index contributed by atoms with van der Waals surface area (Å²) in [6, 6.07) is 19.6. The van der Waals surface area contributed by atoms with E-state index in [1.807, 2.05) is 13.0 Å². The summed E-state index contributed by atoms with van der Waals surface area (Å²) in [7, 11) is 4.21. The molecule has 0 radical (unpaired) electrons. The average molecular weight is 613 g/mol. The van der Waals surface area contributed by atoms with Gasteiger partial charge in [0.25, 0.3) is 17.5 Å². The van der Waals surface area contributed by atoms with Crippen LogP contribution in [0.5, 0.6) is 23.0 Å². The molecule has 0 aromatic heterocycles. The van der Waals surface area contributed by atoms with Gasteiger partial charge >= 0.3 is 5.97 Å². The zero-order valence-corrected chi connectivity index (χ0v) is 24.7. The van der Waals surface area contributed by atoms with Gasteiger partial charge in [-0.05, 0) is 61.5 Å². The molecule has 0 saturated heterocycles. The van der Waals surface area contributed by atoms with E-state index in [0.717, 1.165) is 23.9 Å². The highest BCUT2D eigenvalue weighted by atomic mass is 16.6. The van der Waals surface area contributed by atoms with E-state index in [1.165, 1.54) is 51.7 Å². The van der Waals surface area contributed by atoms with Crippen molar-refractivity contribution >= 4 is 35.4 Å². The van der Waals surface area contributed by atoms with Crippen LogP contribution in [0, 0.1) is 17.0 Å². The second kappa shape index (κ2) is 14.3. The zero-order valence-electron chi connectivity index (χ0n) is 24.7. The van der Waals surface area contributed by atoms with Gasteiger partial charge in [-0.1, -0.05) is 17.7 Å². The monoisotopic (exact) mass is 612 g/mol. The van der Waals surface area contributed by atoms with Crippen molar-refractivity contribution in [3.8, 4) is 23.0 Å². The smallest absolute Gasteiger partial charge is 0.343 e. The first kappa shape index (κ1) is 31.7. The van der Waals surface area contributed by atoms with Crippen LogP contribution in [-0.2, 0) is 0 Å². The van der Waals surface area contributed by atoms with Gasteiger partial charge in [0, 0.05) is 34.5 Å². The molecule has 45 heavy (non-hydrogen) atoms. The molecular weight excluding hydrogens is 584 g/mol. The highest BCUT2D eigenvalue weighted by Gasteiger charge is 2.20. The summed E-state index contributed by atoms with van der Waals surface area (Å²) in [5.74, 6) is -1.06. The maximum atomic E-state index is 13.0. The molecule has 4 aromatic rings. The number of nitrogens with one attached hydrogen (secondary N) is 2. The van der Waals surface area contributed by atoms with Gasteiger partial charge in [-0.2, -0.15) is 5.10 Å². The van der Waals surface area contributed by atoms with E-state index in [9.17, 15) is 24.5 Å². The summed E-state index contributed by atoms with van der Waals surface area (Å²) < 4.78 is 21.3. The van der Waals surface area contributed by atoms with E-state index in [0.29, 0.717) is 11.3 Å². The molecule has 0 aliphatic carbocycles. The molecule has 230 valence electrons. The van der Waals surface area contributed by atoms with Crippen molar-refractivity contribution in [3.63, 3.8) is 0 Å². The molecule has 0 atom stereocenters. The summed E-state index contributed by atoms with van der Waals surface area (Å²) in [5.41, 5.74) is 4.29. The predicted molar refractivity (Wildman–Crippen MR) is 165 cm³/mol. The Kier molecular flexibility index (Phi) is 10.1. The Morgan fingerprint density at radius 3 is 2.07 bits per heavy atom. The third kappa shape index (κ3) is 7.78. The largest absolute Gasteiger partial charge is 0.493 e. The van der Waals surface area contributed by atoms with E-state index < -0.39 is 16.8 Å². The topological polar surface area (TPSA) is 168 Å².